The van der Waals surface area contributed by atoms with Crippen LogP contribution in [-0.4, -0.2) is 12.4 Å². The summed E-state index contributed by atoms with van der Waals surface area (Å²) in [5.74, 6) is 1.52. The lowest BCUT2D eigenvalue weighted by Crippen LogP contribution is -2.21. The molecule has 0 saturated heterocycles. The number of rotatable bonds is 7. The predicted octanol–water partition coefficient (Wildman–Crippen LogP) is 3.36. The van der Waals surface area contributed by atoms with Gasteiger partial charge in [-0.1, -0.05) is 40.0 Å². The zero-order valence-electron chi connectivity index (χ0n) is 10.6. The summed E-state index contributed by atoms with van der Waals surface area (Å²) in [5, 5.41) is 0. The van der Waals surface area contributed by atoms with Crippen LogP contribution in [0.5, 0.6) is 0 Å². The highest BCUT2D eigenvalue weighted by Crippen LogP contribution is 2.30. The van der Waals surface area contributed by atoms with Crippen LogP contribution < -0.4 is 5.73 Å². The molecule has 0 amide bonds. The first-order valence-electron chi connectivity index (χ1n) is 6.35. The average molecular weight is 210 g/mol. The van der Waals surface area contributed by atoms with Gasteiger partial charge in [0.2, 0.25) is 0 Å². The molecule has 0 aromatic heterocycles. The second-order valence-electron chi connectivity index (χ2n) is 5.64. The molecule has 1 aliphatic carbocycles. The first kappa shape index (κ1) is 12.5. The minimum atomic E-state index is 0.328. The summed E-state index contributed by atoms with van der Waals surface area (Å²) in [6.07, 6.45) is 7.73. The third-order valence-electron chi connectivity index (χ3n) is 3.14. The molecule has 0 atom stereocenters. The Morgan fingerprint density at radius 1 is 1.33 bits per heavy atom. The largest absolute Gasteiger partial charge is 0.387 e. The number of amidine groups is 1. The Bertz CT molecular complexity index is 215. The number of nitrogens with two attached hydrogens (primary N) is 1. The number of unbranched alkanes of at least 4 members (excludes halogenated alkanes) is 2. The molecule has 0 aliphatic heterocycles. The van der Waals surface area contributed by atoms with E-state index in [1.165, 1.54) is 38.5 Å². The summed E-state index contributed by atoms with van der Waals surface area (Å²) in [4.78, 5) is 4.53. The maximum atomic E-state index is 5.89. The quantitative estimate of drug-likeness (QED) is 0.390. The number of hydrogen-bond donors (Lipinski definition) is 1. The minimum Gasteiger partial charge on any atom is -0.387 e. The molecule has 0 radical (unpaired) electrons. The molecule has 0 spiro atoms. The molecule has 2 nitrogen and oxygen atoms in total. The van der Waals surface area contributed by atoms with E-state index >= 15 is 0 Å². The summed E-state index contributed by atoms with van der Waals surface area (Å²) in [5.41, 5.74) is 6.22. The smallest absolute Gasteiger partial charge is 0.0968 e. The molecule has 0 aromatic carbocycles. The van der Waals surface area contributed by atoms with E-state index in [1.54, 1.807) is 0 Å². The SMILES string of the molecule is CCCCCC(C)(C)CN=C(N)C1CC1. The average Bonchev–Trinajstić information content (AvgIpc) is 2.98. The Hall–Kier alpha value is -0.530. The fourth-order valence-corrected chi connectivity index (χ4v) is 1.75. The molecule has 0 aromatic rings. The van der Waals surface area contributed by atoms with Crippen LogP contribution in [-0.2, 0) is 0 Å². The molecule has 0 unspecified atom stereocenters. The van der Waals surface area contributed by atoms with Crippen molar-refractivity contribution < 1.29 is 0 Å². The van der Waals surface area contributed by atoms with Crippen molar-refractivity contribution in [3.05, 3.63) is 0 Å². The Balaban J connectivity index is 2.24. The van der Waals surface area contributed by atoms with Gasteiger partial charge in [0.05, 0.1) is 5.84 Å². The standard InChI is InChI=1S/C13H26N2/c1-4-5-6-9-13(2,3)10-15-12(14)11-7-8-11/h11H,4-10H2,1-3H3,(H2,14,15). The Labute approximate surface area is 94.3 Å². The van der Waals surface area contributed by atoms with Crippen molar-refractivity contribution in [2.24, 2.45) is 22.1 Å². The van der Waals surface area contributed by atoms with E-state index < -0.39 is 0 Å². The lowest BCUT2D eigenvalue weighted by Gasteiger charge is -2.22. The van der Waals surface area contributed by atoms with Gasteiger partial charge in [-0.15, -0.1) is 0 Å². The van der Waals surface area contributed by atoms with Crippen molar-refractivity contribution in [3.8, 4) is 0 Å². The van der Waals surface area contributed by atoms with E-state index in [4.69, 9.17) is 5.73 Å². The zero-order valence-corrected chi connectivity index (χ0v) is 10.6. The zero-order chi connectivity index (χ0) is 11.3. The molecule has 88 valence electrons. The van der Waals surface area contributed by atoms with Crippen LogP contribution in [0.15, 0.2) is 4.99 Å². The van der Waals surface area contributed by atoms with Crippen molar-refractivity contribution in [1.29, 1.82) is 0 Å². The Kier molecular flexibility index (Phi) is 4.62. The van der Waals surface area contributed by atoms with E-state index in [0.717, 1.165) is 12.4 Å². The predicted molar refractivity (Wildman–Crippen MR) is 67.1 cm³/mol. The summed E-state index contributed by atoms with van der Waals surface area (Å²) < 4.78 is 0. The van der Waals surface area contributed by atoms with Crippen molar-refractivity contribution in [3.63, 3.8) is 0 Å². The third-order valence-corrected chi connectivity index (χ3v) is 3.14. The monoisotopic (exact) mass is 210 g/mol. The lowest BCUT2D eigenvalue weighted by atomic mass is 9.87. The highest BCUT2D eigenvalue weighted by Gasteiger charge is 2.26. The van der Waals surface area contributed by atoms with Crippen LogP contribution in [0.1, 0.15) is 59.3 Å². The molecule has 1 aliphatic rings. The van der Waals surface area contributed by atoms with Gasteiger partial charge in [-0.25, -0.2) is 0 Å². The van der Waals surface area contributed by atoms with Gasteiger partial charge in [-0.05, 0) is 24.7 Å². The Morgan fingerprint density at radius 2 is 2.00 bits per heavy atom. The molecule has 15 heavy (non-hydrogen) atoms. The normalized spacial score (nSPS) is 18.2. The summed E-state index contributed by atoms with van der Waals surface area (Å²) in [7, 11) is 0. The van der Waals surface area contributed by atoms with Gasteiger partial charge in [0.25, 0.3) is 0 Å². The van der Waals surface area contributed by atoms with Gasteiger partial charge in [0.15, 0.2) is 0 Å². The molecule has 1 saturated carbocycles. The van der Waals surface area contributed by atoms with Crippen LogP contribution >= 0.6 is 0 Å². The molecule has 0 heterocycles. The molecule has 1 rings (SSSR count). The molecule has 1 fully saturated rings. The molecule has 2 N–H and O–H groups in total. The molecular formula is C13H26N2. The van der Waals surface area contributed by atoms with Gasteiger partial charge in [-0.3, -0.25) is 4.99 Å². The van der Waals surface area contributed by atoms with Crippen molar-refractivity contribution in [1.82, 2.24) is 0 Å². The molecule has 0 bridgehead atoms. The maximum Gasteiger partial charge on any atom is 0.0968 e. The van der Waals surface area contributed by atoms with Gasteiger partial charge >= 0.3 is 0 Å². The molecule has 2 heteroatoms. The number of aliphatic imine (C=N–C) groups is 1. The van der Waals surface area contributed by atoms with Gasteiger partial charge < -0.3 is 5.73 Å². The van der Waals surface area contributed by atoms with E-state index in [0.29, 0.717) is 11.3 Å². The first-order valence-corrected chi connectivity index (χ1v) is 6.35. The van der Waals surface area contributed by atoms with Crippen LogP contribution in [0.25, 0.3) is 0 Å². The van der Waals surface area contributed by atoms with Crippen LogP contribution in [0.2, 0.25) is 0 Å². The van der Waals surface area contributed by atoms with Crippen LogP contribution in [0.3, 0.4) is 0 Å². The Morgan fingerprint density at radius 3 is 2.53 bits per heavy atom. The number of nitrogens with zero attached hydrogens (tertiary/aromatic N) is 1. The van der Waals surface area contributed by atoms with Gasteiger partial charge in [0, 0.05) is 12.5 Å². The molecular weight excluding hydrogens is 184 g/mol. The summed E-state index contributed by atoms with van der Waals surface area (Å²) in [6, 6.07) is 0. The van der Waals surface area contributed by atoms with Gasteiger partial charge in [-0.2, -0.15) is 0 Å². The highest BCUT2D eigenvalue weighted by molar-refractivity contribution is 5.84. The van der Waals surface area contributed by atoms with E-state index in [1.807, 2.05) is 0 Å². The van der Waals surface area contributed by atoms with Crippen molar-refractivity contribution >= 4 is 5.84 Å². The minimum absolute atomic E-state index is 0.328. The first-order chi connectivity index (χ1) is 7.05. The van der Waals surface area contributed by atoms with Crippen molar-refractivity contribution in [2.75, 3.05) is 6.54 Å². The second kappa shape index (κ2) is 5.53. The van der Waals surface area contributed by atoms with Crippen LogP contribution in [0.4, 0.5) is 0 Å². The summed E-state index contributed by atoms with van der Waals surface area (Å²) in [6.45, 7) is 7.74. The van der Waals surface area contributed by atoms with E-state index in [9.17, 15) is 0 Å². The maximum absolute atomic E-state index is 5.89. The third kappa shape index (κ3) is 5.19. The highest BCUT2D eigenvalue weighted by atomic mass is 14.9. The number of hydrogen-bond acceptors (Lipinski definition) is 1. The van der Waals surface area contributed by atoms with E-state index in [2.05, 4.69) is 25.8 Å². The summed E-state index contributed by atoms with van der Waals surface area (Å²) >= 11 is 0. The lowest BCUT2D eigenvalue weighted by molar-refractivity contribution is 0.333. The fraction of sp³-hybridized carbons (Fsp3) is 0.923. The second-order valence-corrected chi connectivity index (χ2v) is 5.64. The van der Waals surface area contributed by atoms with Gasteiger partial charge in [0.1, 0.15) is 0 Å². The topological polar surface area (TPSA) is 38.4 Å². The fourth-order valence-electron chi connectivity index (χ4n) is 1.75. The van der Waals surface area contributed by atoms with Crippen LogP contribution in [0, 0.1) is 11.3 Å². The van der Waals surface area contributed by atoms with Crippen molar-refractivity contribution in [2.45, 2.75) is 59.3 Å². The van der Waals surface area contributed by atoms with E-state index in [-0.39, 0.29) is 0 Å².